The van der Waals surface area contributed by atoms with Crippen molar-refractivity contribution in [3.05, 3.63) is 39.7 Å². The summed E-state index contributed by atoms with van der Waals surface area (Å²) in [6, 6.07) is 3.37. The number of alkyl halides is 3. The Hall–Kier alpha value is -3.34. The maximum absolute atomic E-state index is 13.3. The molecule has 0 bridgehead atoms. The summed E-state index contributed by atoms with van der Waals surface area (Å²) in [5, 5.41) is 11.6. The Balaban J connectivity index is 1.71. The summed E-state index contributed by atoms with van der Waals surface area (Å²) in [5.74, 6) is 0.419. The van der Waals surface area contributed by atoms with E-state index in [1.54, 1.807) is 11.6 Å². The molecule has 4 heterocycles. The van der Waals surface area contributed by atoms with E-state index in [1.807, 2.05) is 0 Å². The number of hydrogen-bond acceptors (Lipinski definition) is 6. The van der Waals surface area contributed by atoms with Gasteiger partial charge in [0.15, 0.2) is 17.1 Å². The van der Waals surface area contributed by atoms with Crippen LogP contribution in [0, 0.1) is 6.92 Å². The number of aromatic nitrogens is 4. The molecule has 1 fully saturated rings. The Morgan fingerprint density at radius 1 is 1.26 bits per heavy atom. The van der Waals surface area contributed by atoms with Crippen LogP contribution < -0.4 is 11.3 Å². The van der Waals surface area contributed by atoms with Gasteiger partial charge in [0.2, 0.25) is 0 Å². The molecular formula is C23H25F3N6O2. The Morgan fingerprint density at radius 2 is 2.00 bits per heavy atom. The maximum atomic E-state index is 13.3. The zero-order valence-corrected chi connectivity index (χ0v) is 18.9. The Bertz CT molecular complexity index is 1430. The van der Waals surface area contributed by atoms with E-state index < -0.39 is 17.3 Å². The minimum Gasteiger partial charge on any atom is -0.454 e. The number of nitrogens with two attached hydrogens (primary N) is 1. The Morgan fingerprint density at radius 3 is 2.68 bits per heavy atom. The quantitative estimate of drug-likeness (QED) is 0.452. The molecule has 1 aromatic carbocycles. The van der Waals surface area contributed by atoms with Crippen LogP contribution >= 0.6 is 0 Å². The molecule has 0 unspecified atom stereocenters. The first kappa shape index (κ1) is 22.5. The monoisotopic (exact) mass is 474 g/mol. The van der Waals surface area contributed by atoms with E-state index in [0.717, 1.165) is 51.0 Å². The van der Waals surface area contributed by atoms with Crippen molar-refractivity contribution in [3.63, 3.8) is 0 Å². The largest absolute Gasteiger partial charge is 0.454 e. The summed E-state index contributed by atoms with van der Waals surface area (Å²) < 4.78 is 47.8. The van der Waals surface area contributed by atoms with Gasteiger partial charge in [0, 0.05) is 24.0 Å². The number of anilines is 1. The van der Waals surface area contributed by atoms with Crippen molar-refractivity contribution in [2.75, 3.05) is 25.4 Å². The van der Waals surface area contributed by atoms with Gasteiger partial charge in [-0.2, -0.15) is 23.4 Å². The highest BCUT2D eigenvalue weighted by molar-refractivity contribution is 6.01. The minimum absolute atomic E-state index is 0.0207. The second-order valence-corrected chi connectivity index (χ2v) is 8.79. The lowest BCUT2D eigenvalue weighted by molar-refractivity contribution is -0.137. The van der Waals surface area contributed by atoms with E-state index in [0.29, 0.717) is 33.4 Å². The molecule has 0 aliphatic carbocycles. The fraction of sp³-hybridized carbons (Fsp3) is 0.435. The highest BCUT2D eigenvalue weighted by Crippen LogP contribution is 2.41. The second kappa shape index (κ2) is 8.15. The topological polar surface area (TPSA) is 106 Å². The van der Waals surface area contributed by atoms with Crippen LogP contribution in [0.5, 0.6) is 0 Å². The standard InChI is InChI=1S/C23H25F3N6O2/c1-3-8-31-9-6-14(7-10-31)32-19(17-18(30-32)22(33)29-28-21(17)27)20-12(2)15-11-13(23(24,25)26)4-5-16(15)34-20/h4-5,11,14H,3,6-10H2,1-2H3,(H2,27,28)(H,29,33). The smallest absolute Gasteiger partial charge is 0.416 e. The first-order chi connectivity index (χ1) is 16.2. The number of nitrogens with one attached hydrogen (secondary N) is 1. The molecule has 0 saturated carbocycles. The lowest BCUT2D eigenvalue weighted by atomic mass is 10.0. The van der Waals surface area contributed by atoms with E-state index in [1.165, 1.54) is 6.07 Å². The number of fused-ring (bicyclic) bond motifs is 2. The molecule has 1 saturated heterocycles. The van der Waals surface area contributed by atoms with Gasteiger partial charge in [-0.1, -0.05) is 6.92 Å². The Kier molecular flexibility index (Phi) is 5.38. The number of H-pyrrole nitrogens is 1. The molecule has 11 heteroatoms. The SMILES string of the molecule is CCCN1CCC(n2nc3c(=O)[nH]nc(N)c3c2-c2oc3ccc(C(F)(F)F)cc3c2C)CC1. The third-order valence-corrected chi connectivity index (χ3v) is 6.58. The van der Waals surface area contributed by atoms with Crippen LogP contribution in [0.15, 0.2) is 27.4 Å². The van der Waals surface area contributed by atoms with Crippen molar-refractivity contribution in [3.8, 4) is 11.5 Å². The zero-order chi connectivity index (χ0) is 24.2. The summed E-state index contributed by atoms with van der Waals surface area (Å²) >= 11 is 0. The van der Waals surface area contributed by atoms with Gasteiger partial charge in [0.05, 0.1) is 17.0 Å². The lowest BCUT2D eigenvalue weighted by Crippen LogP contribution is -2.35. The van der Waals surface area contributed by atoms with Crippen LogP contribution in [0.4, 0.5) is 19.0 Å². The van der Waals surface area contributed by atoms with Crippen LogP contribution in [0.25, 0.3) is 33.3 Å². The predicted molar refractivity (Wildman–Crippen MR) is 123 cm³/mol. The number of furan rings is 1. The number of nitrogens with zero attached hydrogens (tertiary/aromatic N) is 4. The maximum Gasteiger partial charge on any atom is 0.416 e. The van der Waals surface area contributed by atoms with Crippen molar-refractivity contribution in [1.82, 2.24) is 24.9 Å². The molecule has 4 aromatic rings. The van der Waals surface area contributed by atoms with E-state index in [9.17, 15) is 18.0 Å². The summed E-state index contributed by atoms with van der Waals surface area (Å²) in [5.41, 5.74) is 6.36. The third kappa shape index (κ3) is 3.64. The average Bonchev–Trinajstić information content (AvgIpc) is 3.35. The van der Waals surface area contributed by atoms with Crippen molar-refractivity contribution in [2.24, 2.45) is 0 Å². The van der Waals surface area contributed by atoms with E-state index in [4.69, 9.17) is 10.2 Å². The molecule has 3 aromatic heterocycles. The number of piperidine rings is 1. The Labute approximate surface area is 192 Å². The molecule has 3 N–H and O–H groups in total. The number of nitrogen functional groups attached to an aromatic ring is 1. The molecule has 180 valence electrons. The fourth-order valence-corrected chi connectivity index (χ4v) is 4.86. The number of halogens is 3. The second-order valence-electron chi connectivity index (χ2n) is 8.79. The predicted octanol–water partition coefficient (Wildman–Crippen LogP) is 4.49. The number of rotatable bonds is 4. The first-order valence-electron chi connectivity index (χ1n) is 11.3. The number of hydrogen-bond donors (Lipinski definition) is 2. The van der Waals surface area contributed by atoms with Gasteiger partial charge in [0.25, 0.3) is 5.56 Å². The van der Waals surface area contributed by atoms with Crippen LogP contribution in [0.3, 0.4) is 0 Å². The average molecular weight is 474 g/mol. The van der Waals surface area contributed by atoms with Crippen LogP contribution in [-0.2, 0) is 6.18 Å². The minimum atomic E-state index is -4.47. The molecule has 0 spiro atoms. The van der Waals surface area contributed by atoms with Gasteiger partial charge in [0.1, 0.15) is 11.3 Å². The summed E-state index contributed by atoms with van der Waals surface area (Å²) in [4.78, 5) is 14.9. The highest BCUT2D eigenvalue weighted by atomic mass is 19.4. The summed E-state index contributed by atoms with van der Waals surface area (Å²) in [6.07, 6.45) is -1.79. The molecule has 8 nitrogen and oxygen atoms in total. The molecule has 0 atom stereocenters. The van der Waals surface area contributed by atoms with Crippen LogP contribution in [-0.4, -0.2) is 44.5 Å². The van der Waals surface area contributed by atoms with Crippen LogP contribution in [0.2, 0.25) is 0 Å². The fourth-order valence-electron chi connectivity index (χ4n) is 4.86. The van der Waals surface area contributed by atoms with Gasteiger partial charge in [-0.25, -0.2) is 5.10 Å². The molecule has 34 heavy (non-hydrogen) atoms. The van der Waals surface area contributed by atoms with Crippen molar-refractivity contribution in [2.45, 2.75) is 45.3 Å². The van der Waals surface area contributed by atoms with Gasteiger partial charge in [-0.3, -0.25) is 9.48 Å². The molecular weight excluding hydrogens is 449 g/mol. The number of aryl methyl sites for hydroxylation is 1. The van der Waals surface area contributed by atoms with Crippen molar-refractivity contribution in [1.29, 1.82) is 0 Å². The van der Waals surface area contributed by atoms with Gasteiger partial charge < -0.3 is 15.1 Å². The summed E-state index contributed by atoms with van der Waals surface area (Å²) in [7, 11) is 0. The first-order valence-corrected chi connectivity index (χ1v) is 11.3. The van der Waals surface area contributed by atoms with Gasteiger partial charge in [-0.15, -0.1) is 0 Å². The molecule has 5 rings (SSSR count). The molecule has 1 aliphatic rings. The van der Waals surface area contributed by atoms with E-state index in [-0.39, 0.29) is 17.4 Å². The van der Waals surface area contributed by atoms with E-state index >= 15 is 0 Å². The lowest BCUT2D eigenvalue weighted by Gasteiger charge is -2.32. The van der Waals surface area contributed by atoms with Gasteiger partial charge in [-0.05, 0) is 50.9 Å². The van der Waals surface area contributed by atoms with E-state index in [2.05, 4.69) is 27.1 Å². The zero-order valence-electron chi connectivity index (χ0n) is 18.9. The van der Waals surface area contributed by atoms with Gasteiger partial charge >= 0.3 is 6.18 Å². The molecule has 0 amide bonds. The van der Waals surface area contributed by atoms with Crippen molar-refractivity contribution >= 4 is 27.7 Å². The number of aromatic amines is 1. The van der Waals surface area contributed by atoms with Crippen molar-refractivity contribution < 1.29 is 17.6 Å². The normalized spacial score (nSPS) is 16.1. The van der Waals surface area contributed by atoms with Crippen LogP contribution in [0.1, 0.15) is 43.4 Å². The molecule has 1 aliphatic heterocycles. The highest BCUT2D eigenvalue weighted by Gasteiger charge is 2.33. The third-order valence-electron chi connectivity index (χ3n) is 6.58. The number of likely N-dealkylation sites (tertiary alicyclic amines) is 1. The summed E-state index contributed by atoms with van der Waals surface area (Å²) in [6.45, 7) is 6.62. The molecule has 0 radical (unpaired) electrons. The number of benzene rings is 1.